The van der Waals surface area contributed by atoms with Crippen LogP contribution in [-0.4, -0.2) is 45.1 Å². The van der Waals surface area contributed by atoms with Crippen molar-refractivity contribution < 1.29 is 19.6 Å². The Morgan fingerprint density at radius 1 is 1.08 bits per heavy atom. The molecule has 2 atom stereocenters. The number of carboxylic acid groups (broad SMARTS) is 1. The molecule has 0 unspecified atom stereocenters. The molecular weight excluding hydrogens is 318 g/mol. The van der Waals surface area contributed by atoms with Gasteiger partial charge >= 0.3 is 0 Å². The minimum Gasteiger partial charge on any atom is -0.550 e. The van der Waals surface area contributed by atoms with Gasteiger partial charge < -0.3 is 25.0 Å². The number of nitrogens with one attached hydrogen (secondary N) is 2. The summed E-state index contributed by atoms with van der Waals surface area (Å²) in [6.45, 7) is 4.33. The van der Waals surface area contributed by atoms with E-state index < -0.39 is 17.8 Å². The Hall–Kier alpha value is -2.08. The summed E-state index contributed by atoms with van der Waals surface area (Å²) in [4.78, 5) is 27.7. The number of aliphatic carboxylic acids is 1. The van der Waals surface area contributed by atoms with Crippen molar-refractivity contribution in [1.82, 2.24) is 0 Å². The molecular formula is C19H27N3O3. The zero-order chi connectivity index (χ0) is 17.8. The van der Waals surface area contributed by atoms with E-state index in [2.05, 4.69) is 17.3 Å². The molecule has 2 N–H and O–H groups in total. The summed E-state index contributed by atoms with van der Waals surface area (Å²) >= 11 is 0. The fraction of sp³-hybridized carbons (Fsp3) is 0.579. The lowest BCUT2D eigenvalue weighted by atomic mass is 9.78. The third kappa shape index (κ3) is 4.31. The number of benzene rings is 1. The quantitative estimate of drug-likeness (QED) is 0.773. The van der Waals surface area contributed by atoms with Crippen LogP contribution < -0.4 is 20.2 Å². The molecule has 0 bridgehead atoms. The highest BCUT2D eigenvalue weighted by Crippen LogP contribution is 2.31. The second-order valence-corrected chi connectivity index (χ2v) is 7.30. The van der Waals surface area contributed by atoms with Crippen molar-refractivity contribution in [2.45, 2.75) is 25.7 Å². The molecule has 1 aliphatic heterocycles. The maximum atomic E-state index is 12.5. The van der Waals surface area contributed by atoms with Crippen molar-refractivity contribution in [1.29, 1.82) is 0 Å². The second kappa shape index (κ2) is 7.87. The SMILES string of the molecule is C[NH+]1CCN(c2ccc(NC(=O)[C@H]3CCCC[C@@H]3C(=O)[O-])cc2)CC1. The van der Waals surface area contributed by atoms with E-state index in [1.165, 1.54) is 0 Å². The second-order valence-electron chi connectivity index (χ2n) is 7.30. The fourth-order valence-corrected chi connectivity index (χ4v) is 3.86. The van der Waals surface area contributed by atoms with Crippen LogP contribution in [0.3, 0.4) is 0 Å². The number of piperazine rings is 1. The van der Waals surface area contributed by atoms with Crippen molar-refractivity contribution >= 4 is 23.3 Å². The van der Waals surface area contributed by atoms with Crippen LogP contribution in [0, 0.1) is 11.8 Å². The lowest BCUT2D eigenvalue weighted by molar-refractivity contribution is -0.880. The van der Waals surface area contributed by atoms with Crippen LogP contribution in [-0.2, 0) is 9.59 Å². The van der Waals surface area contributed by atoms with Gasteiger partial charge in [-0.05, 0) is 37.1 Å². The number of rotatable bonds is 4. The molecule has 0 aromatic heterocycles. The highest BCUT2D eigenvalue weighted by Gasteiger charge is 2.31. The number of amides is 1. The van der Waals surface area contributed by atoms with Crippen LogP contribution in [0.5, 0.6) is 0 Å². The van der Waals surface area contributed by atoms with E-state index >= 15 is 0 Å². The number of anilines is 2. The van der Waals surface area contributed by atoms with E-state index in [0.717, 1.165) is 50.4 Å². The van der Waals surface area contributed by atoms with Crippen molar-refractivity contribution in [2.75, 3.05) is 43.4 Å². The van der Waals surface area contributed by atoms with Gasteiger partial charge in [-0.25, -0.2) is 0 Å². The van der Waals surface area contributed by atoms with Gasteiger partial charge in [-0.3, -0.25) is 4.79 Å². The summed E-state index contributed by atoms with van der Waals surface area (Å²) in [7, 11) is 2.21. The van der Waals surface area contributed by atoms with E-state index in [9.17, 15) is 14.7 Å². The molecule has 1 heterocycles. The van der Waals surface area contributed by atoms with Gasteiger partial charge in [0.1, 0.15) is 0 Å². The Morgan fingerprint density at radius 3 is 2.28 bits per heavy atom. The van der Waals surface area contributed by atoms with Gasteiger partial charge in [-0.1, -0.05) is 12.8 Å². The molecule has 3 rings (SSSR count). The predicted octanol–water partition coefficient (Wildman–Crippen LogP) is -0.484. The van der Waals surface area contributed by atoms with Crippen LogP contribution in [0.1, 0.15) is 25.7 Å². The zero-order valence-corrected chi connectivity index (χ0v) is 14.8. The fourth-order valence-electron chi connectivity index (χ4n) is 3.86. The van der Waals surface area contributed by atoms with E-state index in [-0.39, 0.29) is 5.91 Å². The molecule has 2 fully saturated rings. The van der Waals surface area contributed by atoms with Gasteiger partial charge in [0.05, 0.1) is 33.2 Å². The number of hydrogen-bond donors (Lipinski definition) is 2. The number of carbonyl (C=O) groups excluding carboxylic acids is 2. The maximum Gasteiger partial charge on any atom is 0.228 e. The molecule has 1 saturated heterocycles. The highest BCUT2D eigenvalue weighted by molar-refractivity contribution is 5.95. The van der Waals surface area contributed by atoms with Crippen LogP contribution in [0.4, 0.5) is 11.4 Å². The van der Waals surface area contributed by atoms with Gasteiger partial charge in [-0.15, -0.1) is 0 Å². The first-order valence-corrected chi connectivity index (χ1v) is 9.22. The standard InChI is InChI=1S/C19H27N3O3/c1-21-10-12-22(13-11-21)15-8-6-14(7-9-15)20-18(23)16-4-2-3-5-17(16)19(24)25/h6-9,16-17H,2-5,10-13H2,1H3,(H,20,23)(H,24,25)/t16-,17-/m0/s1. The van der Waals surface area contributed by atoms with Gasteiger partial charge in [0, 0.05) is 29.2 Å². The van der Waals surface area contributed by atoms with Crippen LogP contribution in [0.2, 0.25) is 0 Å². The molecule has 2 aliphatic rings. The number of carbonyl (C=O) groups is 2. The van der Waals surface area contributed by atoms with Crippen LogP contribution in [0.15, 0.2) is 24.3 Å². The maximum absolute atomic E-state index is 12.5. The van der Waals surface area contributed by atoms with Crippen LogP contribution >= 0.6 is 0 Å². The largest absolute Gasteiger partial charge is 0.550 e. The molecule has 25 heavy (non-hydrogen) atoms. The van der Waals surface area contributed by atoms with Crippen molar-refractivity contribution in [3.63, 3.8) is 0 Å². The molecule has 136 valence electrons. The number of hydrogen-bond acceptors (Lipinski definition) is 4. The lowest BCUT2D eigenvalue weighted by Gasteiger charge is -2.32. The zero-order valence-electron chi connectivity index (χ0n) is 14.8. The first-order valence-electron chi connectivity index (χ1n) is 9.22. The summed E-state index contributed by atoms with van der Waals surface area (Å²) in [5, 5.41) is 14.1. The Bertz CT molecular complexity index is 609. The summed E-state index contributed by atoms with van der Waals surface area (Å²) < 4.78 is 0. The van der Waals surface area contributed by atoms with Crippen molar-refractivity contribution in [2.24, 2.45) is 11.8 Å². The normalized spacial score (nSPS) is 24.8. The van der Waals surface area contributed by atoms with E-state index in [1.807, 2.05) is 24.3 Å². The summed E-state index contributed by atoms with van der Waals surface area (Å²) in [6, 6.07) is 7.84. The molecule has 1 aromatic rings. The molecule has 1 aliphatic carbocycles. The minimum atomic E-state index is -1.10. The van der Waals surface area contributed by atoms with Crippen molar-refractivity contribution in [3.05, 3.63) is 24.3 Å². The third-order valence-corrected chi connectivity index (χ3v) is 5.52. The molecule has 1 saturated carbocycles. The lowest BCUT2D eigenvalue weighted by Crippen LogP contribution is -3.12. The number of likely N-dealkylation sites (N-methyl/N-ethyl adjacent to an activating group) is 1. The molecule has 6 heteroatoms. The minimum absolute atomic E-state index is 0.204. The van der Waals surface area contributed by atoms with E-state index in [1.54, 1.807) is 4.90 Å². The number of carboxylic acids is 1. The summed E-state index contributed by atoms with van der Waals surface area (Å²) in [6.07, 6.45) is 2.90. The molecule has 6 nitrogen and oxygen atoms in total. The first kappa shape index (κ1) is 17.7. The molecule has 0 radical (unpaired) electrons. The average molecular weight is 345 g/mol. The number of nitrogens with zero attached hydrogens (tertiary/aromatic N) is 1. The molecule has 1 aromatic carbocycles. The van der Waals surface area contributed by atoms with Gasteiger partial charge in [0.25, 0.3) is 0 Å². The summed E-state index contributed by atoms with van der Waals surface area (Å²) in [5.74, 6) is -2.46. The predicted molar refractivity (Wildman–Crippen MR) is 94.4 cm³/mol. The topological polar surface area (TPSA) is 76.9 Å². The van der Waals surface area contributed by atoms with Crippen LogP contribution in [0.25, 0.3) is 0 Å². The first-order chi connectivity index (χ1) is 12.0. The average Bonchev–Trinajstić information content (AvgIpc) is 2.63. The Morgan fingerprint density at radius 2 is 1.68 bits per heavy atom. The van der Waals surface area contributed by atoms with Gasteiger partial charge in [-0.2, -0.15) is 0 Å². The van der Waals surface area contributed by atoms with E-state index in [0.29, 0.717) is 12.8 Å². The van der Waals surface area contributed by atoms with Gasteiger partial charge in [0.15, 0.2) is 0 Å². The van der Waals surface area contributed by atoms with Gasteiger partial charge in [0.2, 0.25) is 5.91 Å². The Labute approximate surface area is 148 Å². The monoisotopic (exact) mass is 345 g/mol. The smallest absolute Gasteiger partial charge is 0.228 e. The van der Waals surface area contributed by atoms with E-state index in [4.69, 9.17) is 0 Å². The Kier molecular flexibility index (Phi) is 5.58. The number of quaternary nitrogens is 1. The third-order valence-electron chi connectivity index (χ3n) is 5.52. The highest BCUT2D eigenvalue weighted by atomic mass is 16.4. The molecule has 1 amide bonds. The van der Waals surface area contributed by atoms with Crippen molar-refractivity contribution in [3.8, 4) is 0 Å². The Balaban J connectivity index is 1.60. The molecule has 0 spiro atoms. The summed E-state index contributed by atoms with van der Waals surface area (Å²) in [5.41, 5.74) is 1.88.